The average Bonchev–Trinajstić information content (AvgIpc) is 3.09. The normalized spacial score (nSPS) is 8.57. The summed E-state index contributed by atoms with van der Waals surface area (Å²) >= 11 is 1.74. The van der Waals surface area contributed by atoms with E-state index in [0.717, 1.165) is 6.42 Å². The third-order valence-corrected chi connectivity index (χ3v) is 2.68. The molecule has 0 spiro atoms. The van der Waals surface area contributed by atoms with Crippen molar-refractivity contribution in [2.45, 2.75) is 19.5 Å². The van der Waals surface area contributed by atoms with Gasteiger partial charge in [-0.1, -0.05) is 6.07 Å². The van der Waals surface area contributed by atoms with Gasteiger partial charge < -0.3 is 29.9 Å². The van der Waals surface area contributed by atoms with Crippen molar-refractivity contribution in [1.82, 2.24) is 0 Å². The van der Waals surface area contributed by atoms with Gasteiger partial charge in [-0.3, -0.25) is 0 Å². The van der Waals surface area contributed by atoms with Crippen LogP contribution < -0.4 is 24.8 Å². The SMILES string of the molecule is C[Si](C)=[Zr+2].OCCc1ccc[cH-]1.[Cl-].[Cl-].c1ccc2[cH-]ccc2c1. The molecule has 0 fully saturated rings. The number of halogens is 2. The average molecular weight is 445 g/mol. The summed E-state index contributed by atoms with van der Waals surface area (Å²) in [6.07, 6.45) is 0.785. The number of fused-ring (bicyclic) bond motifs is 1. The molecule has 0 saturated heterocycles. The van der Waals surface area contributed by atoms with E-state index in [1.165, 1.54) is 16.3 Å². The van der Waals surface area contributed by atoms with Crippen molar-refractivity contribution in [3.8, 4) is 0 Å². The molecule has 0 aromatic heterocycles. The van der Waals surface area contributed by atoms with Gasteiger partial charge in [-0.05, 0) is 6.42 Å². The Kier molecular flexibility index (Phi) is 16.7. The molecule has 1 N–H and O–H groups in total. The number of aliphatic hydroxyl groups excluding tert-OH is 1. The fraction of sp³-hybridized carbons (Fsp3) is 0.222. The predicted octanol–water partition coefficient (Wildman–Crippen LogP) is -1.71. The van der Waals surface area contributed by atoms with Gasteiger partial charge in [0.2, 0.25) is 0 Å². The molecular formula is C18H22Cl2OSiZr-2. The fourth-order valence-corrected chi connectivity index (χ4v) is 1.78. The van der Waals surface area contributed by atoms with Gasteiger partial charge in [0.05, 0.1) is 0 Å². The summed E-state index contributed by atoms with van der Waals surface area (Å²) in [7, 11) is 0. The third-order valence-electron chi connectivity index (χ3n) is 2.68. The Labute approximate surface area is 167 Å². The first kappa shape index (κ1) is 25.1. The Morgan fingerprint density at radius 1 is 0.957 bits per heavy atom. The van der Waals surface area contributed by atoms with Crippen LogP contribution in [0.2, 0.25) is 13.1 Å². The van der Waals surface area contributed by atoms with Crippen LogP contribution in [0.3, 0.4) is 0 Å². The van der Waals surface area contributed by atoms with Crippen molar-refractivity contribution in [2.24, 2.45) is 0 Å². The van der Waals surface area contributed by atoms with E-state index in [-0.39, 0.29) is 36.9 Å². The first-order valence-electron chi connectivity index (χ1n) is 7.07. The molecular weight excluding hydrogens is 422 g/mol. The monoisotopic (exact) mass is 442 g/mol. The van der Waals surface area contributed by atoms with Crippen LogP contribution in [-0.4, -0.2) is 17.1 Å². The van der Waals surface area contributed by atoms with Crippen molar-refractivity contribution < 1.29 is 53.3 Å². The van der Waals surface area contributed by atoms with Gasteiger partial charge in [-0.15, -0.1) is 29.7 Å². The molecule has 23 heavy (non-hydrogen) atoms. The largest absolute Gasteiger partial charge is 1.00 e. The maximum atomic E-state index is 8.44. The van der Waals surface area contributed by atoms with Gasteiger partial charge in [-0.2, -0.15) is 35.2 Å². The Morgan fingerprint density at radius 2 is 1.61 bits per heavy atom. The van der Waals surface area contributed by atoms with E-state index in [4.69, 9.17) is 5.11 Å². The van der Waals surface area contributed by atoms with Crippen LogP contribution in [0.4, 0.5) is 0 Å². The Hall–Kier alpha value is -0.180. The van der Waals surface area contributed by atoms with Gasteiger partial charge in [0, 0.05) is 6.61 Å². The zero-order valence-corrected chi connectivity index (χ0v) is 18.4. The number of benzene rings is 1. The van der Waals surface area contributed by atoms with Crippen LogP contribution >= 0.6 is 0 Å². The molecule has 124 valence electrons. The van der Waals surface area contributed by atoms with Crippen LogP contribution in [-0.2, 0) is 29.8 Å². The number of rotatable bonds is 2. The second kappa shape index (κ2) is 15.4. The predicted molar refractivity (Wildman–Crippen MR) is 89.8 cm³/mol. The third kappa shape index (κ3) is 11.9. The molecule has 3 aromatic carbocycles. The number of hydrogen-bond acceptors (Lipinski definition) is 1. The maximum Gasteiger partial charge on any atom is 0.0451 e. The molecule has 1 nitrogen and oxygen atoms in total. The summed E-state index contributed by atoms with van der Waals surface area (Å²) in [6.45, 7) is 4.87. The summed E-state index contributed by atoms with van der Waals surface area (Å²) in [5.74, 6) is 0. The summed E-state index contributed by atoms with van der Waals surface area (Å²) in [4.78, 5) is 0. The van der Waals surface area contributed by atoms with Crippen LogP contribution in [0.25, 0.3) is 10.8 Å². The molecule has 0 bridgehead atoms. The van der Waals surface area contributed by atoms with Crippen LogP contribution in [0.15, 0.2) is 66.7 Å². The van der Waals surface area contributed by atoms with Gasteiger partial charge in [0.15, 0.2) is 0 Å². The number of aliphatic hydroxyl groups is 1. The molecule has 3 rings (SSSR count). The van der Waals surface area contributed by atoms with E-state index in [1.54, 1.807) is 23.3 Å². The first-order chi connectivity index (χ1) is 10.1. The summed E-state index contributed by atoms with van der Waals surface area (Å²) in [5, 5.41) is 11.1. The van der Waals surface area contributed by atoms with Crippen LogP contribution in [0, 0.1) is 0 Å². The Morgan fingerprint density at radius 3 is 2.13 bits per heavy atom. The minimum atomic E-state index is 0. The minimum absolute atomic E-state index is 0. The fourth-order valence-electron chi connectivity index (χ4n) is 1.78. The molecule has 5 heteroatoms. The topological polar surface area (TPSA) is 20.2 Å². The van der Waals surface area contributed by atoms with E-state index >= 15 is 0 Å². The first-order valence-corrected chi connectivity index (χ1v) is 13.3. The second-order valence-corrected chi connectivity index (χ2v) is 14.3. The molecule has 0 radical (unpaired) electrons. The quantitative estimate of drug-likeness (QED) is 0.369. The van der Waals surface area contributed by atoms with E-state index in [2.05, 4.69) is 55.6 Å². The molecule has 0 saturated carbocycles. The number of hydrogen-bond donors (Lipinski definition) is 1. The van der Waals surface area contributed by atoms with Crippen LogP contribution in [0.5, 0.6) is 0 Å². The van der Waals surface area contributed by atoms with Crippen molar-refractivity contribution in [2.75, 3.05) is 6.61 Å². The standard InChI is InChI=1S/C9H7.C7H9O.C2H6Si.2ClH.Zr/c1-2-5-9-7-3-6-8(9)4-1;8-6-5-7-3-1-2-4-7;1-3-2;;;/h1-7H;1-4,8H,5-6H2;1-2H3;2*1H;/q2*-1;;;;+2/p-2. The minimum Gasteiger partial charge on any atom is -1.00 e. The van der Waals surface area contributed by atoms with Crippen molar-refractivity contribution in [3.05, 3.63) is 72.3 Å². The molecule has 3 aromatic rings. The van der Waals surface area contributed by atoms with Crippen molar-refractivity contribution in [1.29, 1.82) is 0 Å². The Bertz CT molecular complexity index is 601. The van der Waals surface area contributed by atoms with Crippen molar-refractivity contribution >= 4 is 16.2 Å². The molecule has 0 aliphatic rings. The van der Waals surface area contributed by atoms with Crippen molar-refractivity contribution in [3.63, 3.8) is 0 Å². The van der Waals surface area contributed by atoms with Gasteiger partial charge in [0.25, 0.3) is 0 Å². The molecule has 0 aliphatic carbocycles. The maximum absolute atomic E-state index is 8.44. The molecule has 0 atom stereocenters. The molecule has 0 amide bonds. The van der Waals surface area contributed by atoms with E-state index in [0.29, 0.717) is 0 Å². The molecule has 0 unspecified atom stereocenters. The smallest absolute Gasteiger partial charge is 0.0451 e. The van der Waals surface area contributed by atoms with E-state index in [1.807, 2.05) is 24.3 Å². The van der Waals surface area contributed by atoms with E-state index < -0.39 is 0 Å². The molecule has 0 aliphatic heterocycles. The van der Waals surface area contributed by atoms with Crippen LogP contribution in [0.1, 0.15) is 5.56 Å². The summed E-state index contributed by atoms with van der Waals surface area (Å²) in [5.41, 5.74) is 1.43. The zero-order valence-electron chi connectivity index (χ0n) is 13.5. The Balaban J connectivity index is 0. The van der Waals surface area contributed by atoms with Gasteiger partial charge >= 0.3 is 41.9 Å². The summed E-state index contributed by atoms with van der Waals surface area (Å²) < 4.78 is 0. The van der Waals surface area contributed by atoms with Gasteiger partial charge in [0.1, 0.15) is 0 Å². The zero-order chi connectivity index (χ0) is 15.5. The molecule has 0 heterocycles. The van der Waals surface area contributed by atoms with E-state index in [9.17, 15) is 0 Å². The summed E-state index contributed by atoms with van der Waals surface area (Å²) in [6, 6.07) is 22.6. The van der Waals surface area contributed by atoms with Gasteiger partial charge in [-0.25, -0.2) is 12.1 Å². The second-order valence-electron chi connectivity index (χ2n) is 4.92.